The largest absolute Gasteiger partial charge is 0.484 e. The maximum atomic E-state index is 12.9. The van der Waals surface area contributed by atoms with Crippen LogP contribution in [-0.4, -0.2) is 38.3 Å². The van der Waals surface area contributed by atoms with Crippen molar-refractivity contribution in [3.05, 3.63) is 53.3 Å². The molecule has 1 amide bonds. The molecule has 0 saturated carbocycles. The standard InChI is InChI=1S/C18H20ClFN2O4S/c1-3-22(4-2)27(24,25)15-9-10-16(19)17(11-15)21-18(23)12-26-14-7-5-13(20)6-8-14/h5-11H,3-4,12H2,1-2H3,(H,21,23). The Morgan fingerprint density at radius 1 is 1.15 bits per heavy atom. The van der Waals surface area contributed by atoms with Gasteiger partial charge in [-0.15, -0.1) is 0 Å². The van der Waals surface area contributed by atoms with E-state index in [4.69, 9.17) is 16.3 Å². The molecule has 0 radical (unpaired) electrons. The quantitative estimate of drug-likeness (QED) is 0.717. The van der Waals surface area contributed by atoms with Crippen LogP contribution >= 0.6 is 11.6 Å². The third kappa shape index (κ3) is 5.41. The highest BCUT2D eigenvalue weighted by atomic mass is 35.5. The molecule has 6 nitrogen and oxygen atoms in total. The minimum Gasteiger partial charge on any atom is -0.484 e. The Bertz CT molecular complexity index is 900. The van der Waals surface area contributed by atoms with Gasteiger partial charge in [0.05, 0.1) is 15.6 Å². The van der Waals surface area contributed by atoms with Crippen molar-refractivity contribution >= 4 is 33.2 Å². The molecular formula is C18H20ClFN2O4S. The number of nitrogens with zero attached hydrogens (tertiary/aromatic N) is 1. The molecule has 0 aromatic heterocycles. The number of halogens is 2. The van der Waals surface area contributed by atoms with Gasteiger partial charge in [-0.2, -0.15) is 4.31 Å². The average molecular weight is 415 g/mol. The van der Waals surface area contributed by atoms with E-state index < -0.39 is 21.7 Å². The van der Waals surface area contributed by atoms with E-state index in [1.165, 1.54) is 46.8 Å². The highest BCUT2D eigenvalue weighted by molar-refractivity contribution is 7.89. The Kier molecular flexibility index (Phi) is 7.18. The van der Waals surface area contributed by atoms with E-state index in [-0.39, 0.29) is 22.2 Å². The van der Waals surface area contributed by atoms with E-state index in [0.29, 0.717) is 18.8 Å². The predicted molar refractivity (Wildman–Crippen MR) is 102 cm³/mol. The number of carbonyl (C=O) groups excluding carboxylic acids is 1. The molecule has 27 heavy (non-hydrogen) atoms. The number of carbonyl (C=O) groups is 1. The van der Waals surface area contributed by atoms with Crippen molar-refractivity contribution in [3.8, 4) is 5.75 Å². The summed E-state index contributed by atoms with van der Waals surface area (Å²) in [6.07, 6.45) is 0. The molecule has 0 saturated heterocycles. The molecule has 2 aromatic rings. The average Bonchev–Trinajstić information content (AvgIpc) is 2.63. The normalized spacial score (nSPS) is 11.4. The van der Waals surface area contributed by atoms with Crippen LogP contribution in [0.1, 0.15) is 13.8 Å². The van der Waals surface area contributed by atoms with Crippen LogP contribution in [-0.2, 0) is 14.8 Å². The van der Waals surface area contributed by atoms with Crippen molar-refractivity contribution < 1.29 is 22.3 Å². The van der Waals surface area contributed by atoms with Crippen LogP contribution in [0, 0.1) is 5.82 Å². The molecule has 2 rings (SSSR count). The van der Waals surface area contributed by atoms with Crippen LogP contribution in [0.2, 0.25) is 5.02 Å². The van der Waals surface area contributed by atoms with Crippen LogP contribution in [0.4, 0.5) is 10.1 Å². The molecule has 1 N–H and O–H groups in total. The highest BCUT2D eigenvalue weighted by Gasteiger charge is 2.22. The Morgan fingerprint density at radius 2 is 1.78 bits per heavy atom. The number of amides is 1. The van der Waals surface area contributed by atoms with Gasteiger partial charge in [0.15, 0.2) is 6.61 Å². The molecule has 9 heteroatoms. The molecule has 0 spiro atoms. The Labute approximate surface area is 162 Å². The summed E-state index contributed by atoms with van der Waals surface area (Å²) in [4.78, 5) is 12.1. The molecule has 0 aliphatic heterocycles. The fourth-order valence-electron chi connectivity index (χ4n) is 2.34. The van der Waals surface area contributed by atoms with Crippen molar-refractivity contribution in [2.45, 2.75) is 18.7 Å². The molecule has 0 aliphatic carbocycles. The van der Waals surface area contributed by atoms with Gasteiger partial charge in [0, 0.05) is 13.1 Å². The van der Waals surface area contributed by atoms with Crippen molar-refractivity contribution in [1.82, 2.24) is 4.31 Å². The van der Waals surface area contributed by atoms with Crippen molar-refractivity contribution in [3.63, 3.8) is 0 Å². The number of sulfonamides is 1. The monoisotopic (exact) mass is 414 g/mol. The first-order valence-electron chi connectivity index (χ1n) is 8.25. The smallest absolute Gasteiger partial charge is 0.262 e. The predicted octanol–water partition coefficient (Wildman–Crippen LogP) is 3.53. The molecular weight excluding hydrogens is 395 g/mol. The van der Waals surface area contributed by atoms with Crippen LogP contribution in [0.5, 0.6) is 5.75 Å². The number of rotatable bonds is 8. The zero-order chi connectivity index (χ0) is 20.0. The lowest BCUT2D eigenvalue weighted by molar-refractivity contribution is -0.118. The van der Waals surface area contributed by atoms with Gasteiger partial charge >= 0.3 is 0 Å². The summed E-state index contributed by atoms with van der Waals surface area (Å²) in [6, 6.07) is 9.33. The van der Waals surface area contributed by atoms with Gasteiger partial charge in [0.1, 0.15) is 11.6 Å². The van der Waals surface area contributed by atoms with Crippen LogP contribution < -0.4 is 10.1 Å². The number of benzene rings is 2. The SMILES string of the molecule is CCN(CC)S(=O)(=O)c1ccc(Cl)c(NC(=O)COc2ccc(F)cc2)c1. The Hall–Kier alpha value is -2.16. The maximum Gasteiger partial charge on any atom is 0.262 e. The van der Waals surface area contributed by atoms with Gasteiger partial charge in [0.2, 0.25) is 10.0 Å². The highest BCUT2D eigenvalue weighted by Crippen LogP contribution is 2.27. The van der Waals surface area contributed by atoms with E-state index >= 15 is 0 Å². The summed E-state index contributed by atoms with van der Waals surface area (Å²) < 4.78 is 44.6. The topological polar surface area (TPSA) is 75.7 Å². The van der Waals surface area contributed by atoms with Crippen LogP contribution in [0.3, 0.4) is 0 Å². The first kappa shape index (κ1) is 21.1. The van der Waals surface area contributed by atoms with E-state index in [1.807, 2.05) is 0 Å². The molecule has 146 valence electrons. The van der Waals surface area contributed by atoms with Gasteiger partial charge in [0.25, 0.3) is 5.91 Å². The van der Waals surface area contributed by atoms with Gasteiger partial charge < -0.3 is 10.1 Å². The number of hydrogen-bond donors (Lipinski definition) is 1. The molecule has 0 heterocycles. The van der Waals surface area contributed by atoms with E-state index in [2.05, 4.69) is 5.32 Å². The van der Waals surface area contributed by atoms with E-state index in [0.717, 1.165) is 0 Å². The molecule has 0 bridgehead atoms. The van der Waals surface area contributed by atoms with Gasteiger partial charge in [-0.1, -0.05) is 25.4 Å². The van der Waals surface area contributed by atoms with Gasteiger partial charge in [-0.3, -0.25) is 4.79 Å². The first-order valence-corrected chi connectivity index (χ1v) is 10.1. The van der Waals surface area contributed by atoms with Gasteiger partial charge in [-0.25, -0.2) is 12.8 Å². The third-order valence-corrected chi connectivity index (χ3v) is 6.11. The first-order chi connectivity index (χ1) is 12.8. The number of nitrogens with one attached hydrogen (secondary N) is 1. The summed E-state index contributed by atoms with van der Waals surface area (Å²) in [5.74, 6) is -0.612. The number of ether oxygens (including phenoxy) is 1. The summed E-state index contributed by atoms with van der Waals surface area (Å²) in [6.45, 7) is 3.80. The molecule has 0 aliphatic rings. The lowest BCUT2D eigenvalue weighted by Gasteiger charge is -2.19. The van der Waals surface area contributed by atoms with E-state index in [1.54, 1.807) is 13.8 Å². The zero-order valence-corrected chi connectivity index (χ0v) is 16.5. The van der Waals surface area contributed by atoms with Crippen molar-refractivity contribution in [1.29, 1.82) is 0 Å². The fourth-order valence-corrected chi connectivity index (χ4v) is 3.99. The summed E-state index contributed by atoms with van der Waals surface area (Å²) in [5.41, 5.74) is 0.164. The summed E-state index contributed by atoms with van der Waals surface area (Å²) >= 11 is 6.07. The number of hydrogen-bond acceptors (Lipinski definition) is 4. The summed E-state index contributed by atoms with van der Waals surface area (Å²) in [5, 5.41) is 2.72. The maximum absolute atomic E-state index is 12.9. The third-order valence-electron chi connectivity index (χ3n) is 3.74. The van der Waals surface area contributed by atoms with Crippen LogP contribution in [0.15, 0.2) is 47.4 Å². The van der Waals surface area contributed by atoms with Crippen LogP contribution in [0.25, 0.3) is 0 Å². The Morgan fingerprint density at radius 3 is 2.37 bits per heavy atom. The lowest BCUT2D eigenvalue weighted by Crippen LogP contribution is -2.30. The molecule has 0 fully saturated rings. The second kappa shape index (κ2) is 9.16. The minimum absolute atomic E-state index is 0.0327. The van der Waals surface area contributed by atoms with E-state index in [9.17, 15) is 17.6 Å². The minimum atomic E-state index is -3.68. The zero-order valence-electron chi connectivity index (χ0n) is 14.9. The molecule has 0 atom stereocenters. The second-order valence-corrected chi connectivity index (χ2v) is 7.87. The molecule has 2 aromatic carbocycles. The Balaban J connectivity index is 2.11. The lowest BCUT2D eigenvalue weighted by atomic mass is 10.3. The van der Waals surface area contributed by atoms with Gasteiger partial charge in [-0.05, 0) is 42.5 Å². The summed E-state index contributed by atoms with van der Waals surface area (Å²) in [7, 11) is -3.68. The fraction of sp³-hybridized carbons (Fsp3) is 0.278. The number of anilines is 1. The van der Waals surface area contributed by atoms with Crippen molar-refractivity contribution in [2.24, 2.45) is 0 Å². The van der Waals surface area contributed by atoms with Crippen molar-refractivity contribution in [2.75, 3.05) is 25.0 Å². The second-order valence-electron chi connectivity index (χ2n) is 5.52. The molecule has 0 unspecified atom stereocenters.